The van der Waals surface area contributed by atoms with Crippen molar-refractivity contribution >= 4 is 17.7 Å². The maximum absolute atomic E-state index is 12.1. The number of nitrogens with zero attached hydrogens (tertiary/aromatic N) is 2. The van der Waals surface area contributed by atoms with Gasteiger partial charge in [-0.25, -0.2) is 9.97 Å². The van der Waals surface area contributed by atoms with Crippen molar-refractivity contribution in [3.8, 4) is 0 Å². The maximum atomic E-state index is 12.1. The van der Waals surface area contributed by atoms with Crippen molar-refractivity contribution in [2.75, 3.05) is 12.3 Å². The molecule has 0 bridgehead atoms. The monoisotopic (exact) mass is 310 g/mol. The van der Waals surface area contributed by atoms with Gasteiger partial charge in [-0.05, 0) is 39.2 Å². The van der Waals surface area contributed by atoms with Crippen molar-refractivity contribution in [3.05, 3.63) is 17.5 Å². The molecule has 1 amide bonds. The third-order valence-electron chi connectivity index (χ3n) is 3.04. The van der Waals surface area contributed by atoms with Crippen LogP contribution < -0.4 is 11.1 Å². The number of aryl methyl sites for hydroxylation is 2. The SMILES string of the molecule is Cc1cc(C)nc(SCC(=O)NC(C)(CN)CC(C)C)n1. The molecule has 1 rings (SSSR count). The minimum Gasteiger partial charge on any atom is -0.349 e. The minimum absolute atomic E-state index is 0.0311. The Labute approximate surface area is 131 Å². The lowest BCUT2D eigenvalue weighted by Gasteiger charge is -2.31. The highest BCUT2D eigenvalue weighted by Crippen LogP contribution is 2.17. The summed E-state index contributed by atoms with van der Waals surface area (Å²) in [6.07, 6.45) is 0.861. The number of nitrogens with two attached hydrogens (primary N) is 1. The van der Waals surface area contributed by atoms with E-state index in [2.05, 4.69) is 29.1 Å². The topological polar surface area (TPSA) is 80.9 Å². The molecule has 0 fully saturated rings. The summed E-state index contributed by atoms with van der Waals surface area (Å²) in [5.74, 6) is 0.752. The predicted molar refractivity (Wildman–Crippen MR) is 87.3 cm³/mol. The Kier molecular flexibility index (Phi) is 6.61. The molecule has 0 saturated carbocycles. The van der Waals surface area contributed by atoms with E-state index in [0.717, 1.165) is 17.8 Å². The molecule has 5 nitrogen and oxygen atoms in total. The first kappa shape index (κ1) is 17.9. The van der Waals surface area contributed by atoms with Gasteiger partial charge in [0.15, 0.2) is 5.16 Å². The van der Waals surface area contributed by atoms with Gasteiger partial charge in [-0.3, -0.25) is 4.79 Å². The van der Waals surface area contributed by atoms with E-state index in [1.165, 1.54) is 11.8 Å². The highest BCUT2D eigenvalue weighted by molar-refractivity contribution is 7.99. The molecule has 1 unspecified atom stereocenters. The Morgan fingerprint density at radius 3 is 2.43 bits per heavy atom. The van der Waals surface area contributed by atoms with E-state index in [-0.39, 0.29) is 11.4 Å². The van der Waals surface area contributed by atoms with Gasteiger partial charge in [-0.2, -0.15) is 0 Å². The molecule has 0 radical (unpaired) electrons. The maximum Gasteiger partial charge on any atom is 0.230 e. The highest BCUT2D eigenvalue weighted by Gasteiger charge is 2.25. The first-order valence-corrected chi connectivity index (χ1v) is 8.19. The summed E-state index contributed by atoms with van der Waals surface area (Å²) < 4.78 is 0. The van der Waals surface area contributed by atoms with Crippen molar-refractivity contribution in [2.24, 2.45) is 11.7 Å². The molecule has 0 aromatic carbocycles. The van der Waals surface area contributed by atoms with Crippen LogP contribution in [0.2, 0.25) is 0 Å². The van der Waals surface area contributed by atoms with Crippen LogP contribution in [0.3, 0.4) is 0 Å². The fourth-order valence-electron chi connectivity index (χ4n) is 2.35. The largest absolute Gasteiger partial charge is 0.349 e. The third kappa shape index (κ3) is 6.44. The van der Waals surface area contributed by atoms with E-state index in [1.807, 2.05) is 26.8 Å². The lowest BCUT2D eigenvalue weighted by atomic mass is 9.91. The predicted octanol–water partition coefficient (Wildman–Crippen LogP) is 2.07. The second-order valence-corrected chi connectivity index (χ2v) is 7.08. The van der Waals surface area contributed by atoms with Crippen LogP contribution in [0.4, 0.5) is 0 Å². The fraction of sp³-hybridized carbons (Fsp3) is 0.667. The minimum atomic E-state index is -0.352. The number of thioether (sulfide) groups is 1. The molecule has 0 spiro atoms. The van der Waals surface area contributed by atoms with Gasteiger partial charge in [0, 0.05) is 23.5 Å². The molecule has 3 N–H and O–H groups in total. The zero-order valence-electron chi connectivity index (χ0n) is 13.6. The summed E-state index contributed by atoms with van der Waals surface area (Å²) in [5.41, 5.74) is 7.28. The molecule has 1 heterocycles. The standard InChI is InChI=1S/C15H26N4OS/c1-10(2)7-15(5,9-16)19-13(20)8-21-14-17-11(3)6-12(4)18-14/h6,10H,7-9,16H2,1-5H3,(H,19,20). The van der Waals surface area contributed by atoms with Gasteiger partial charge in [0.2, 0.25) is 5.91 Å². The molecule has 118 valence electrons. The van der Waals surface area contributed by atoms with Gasteiger partial charge in [-0.1, -0.05) is 25.6 Å². The molecular formula is C15H26N4OS. The number of hydrogen-bond donors (Lipinski definition) is 2. The van der Waals surface area contributed by atoms with E-state index in [0.29, 0.717) is 23.4 Å². The Balaban J connectivity index is 2.57. The van der Waals surface area contributed by atoms with E-state index >= 15 is 0 Å². The zero-order chi connectivity index (χ0) is 16.0. The number of carbonyl (C=O) groups excluding carboxylic acids is 1. The van der Waals surface area contributed by atoms with E-state index in [4.69, 9.17) is 5.73 Å². The average Bonchev–Trinajstić information content (AvgIpc) is 2.34. The summed E-state index contributed by atoms with van der Waals surface area (Å²) in [4.78, 5) is 20.7. The van der Waals surface area contributed by atoms with Gasteiger partial charge in [-0.15, -0.1) is 0 Å². The second kappa shape index (κ2) is 7.75. The molecule has 0 aliphatic carbocycles. The Bertz CT molecular complexity index is 472. The number of carbonyl (C=O) groups is 1. The number of hydrogen-bond acceptors (Lipinski definition) is 5. The number of amides is 1. The van der Waals surface area contributed by atoms with Gasteiger partial charge >= 0.3 is 0 Å². The van der Waals surface area contributed by atoms with Crippen molar-refractivity contribution in [1.29, 1.82) is 0 Å². The summed E-state index contributed by atoms with van der Waals surface area (Å²) in [6, 6.07) is 1.91. The Hall–Kier alpha value is -1.14. The van der Waals surface area contributed by atoms with Crippen LogP contribution >= 0.6 is 11.8 Å². The summed E-state index contributed by atoms with van der Waals surface area (Å²) in [5, 5.41) is 3.67. The van der Waals surface area contributed by atoms with Gasteiger partial charge in [0.1, 0.15) is 0 Å². The molecule has 0 aliphatic heterocycles. The molecule has 6 heteroatoms. The Morgan fingerprint density at radius 2 is 1.95 bits per heavy atom. The molecular weight excluding hydrogens is 284 g/mol. The Morgan fingerprint density at radius 1 is 1.38 bits per heavy atom. The molecule has 1 aromatic heterocycles. The van der Waals surface area contributed by atoms with Crippen molar-refractivity contribution in [2.45, 2.75) is 51.7 Å². The van der Waals surface area contributed by atoms with Crippen molar-refractivity contribution in [1.82, 2.24) is 15.3 Å². The van der Waals surface area contributed by atoms with Crippen LogP contribution in [0.25, 0.3) is 0 Å². The number of aromatic nitrogens is 2. The van der Waals surface area contributed by atoms with Gasteiger partial charge in [0.05, 0.1) is 5.75 Å². The number of rotatable bonds is 7. The summed E-state index contributed by atoms with van der Waals surface area (Å²) in [7, 11) is 0. The van der Waals surface area contributed by atoms with Crippen molar-refractivity contribution < 1.29 is 4.79 Å². The molecule has 1 atom stereocenters. The van der Waals surface area contributed by atoms with E-state index < -0.39 is 0 Å². The molecule has 21 heavy (non-hydrogen) atoms. The van der Waals surface area contributed by atoms with Crippen LogP contribution in [0, 0.1) is 19.8 Å². The lowest BCUT2D eigenvalue weighted by molar-refractivity contribution is -0.120. The van der Waals surface area contributed by atoms with Crippen molar-refractivity contribution in [3.63, 3.8) is 0 Å². The molecule has 1 aromatic rings. The van der Waals surface area contributed by atoms with Crippen LogP contribution in [0.1, 0.15) is 38.6 Å². The fourth-order valence-corrected chi connectivity index (χ4v) is 3.10. The highest BCUT2D eigenvalue weighted by atomic mass is 32.2. The molecule has 0 aliphatic rings. The lowest BCUT2D eigenvalue weighted by Crippen LogP contribution is -2.52. The first-order valence-electron chi connectivity index (χ1n) is 7.20. The zero-order valence-corrected chi connectivity index (χ0v) is 14.4. The van der Waals surface area contributed by atoms with Gasteiger partial charge in [0.25, 0.3) is 0 Å². The van der Waals surface area contributed by atoms with Gasteiger partial charge < -0.3 is 11.1 Å². The van der Waals surface area contributed by atoms with Crippen LogP contribution in [0.15, 0.2) is 11.2 Å². The number of nitrogens with one attached hydrogen (secondary N) is 1. The third-order valence-corrected chi connectivity index (χ3v) is 3.89. The normalized spacial score (nSPS) is 14.0. The average molecular weight is 310 g/mol. The first-order chi connectivity index (χ1) is 9.74. The smallest absolute Gasteiger partial charge is 0.230 e. The van der Waals surface area contributed by atoms with Crippen LogP contribution in [0.5, 0.6) is 0 Å². The summed E-state index contributed by atoms with van der Waals surface area (Å²) >= 11 is 1.35. The molecule has 0 saturated heterocycles. The summed E-state index contributed by atoms with van der Waals surface area (Å²) in [6.45, 7) is 10.5. The van der Waals surface area contributed by atoms with Crippen LogP contribution in [-0.2, 0) is 4.79 Å². The van der Waals surface area contributed by atoms with E-state index in [1.54, 1.807) is 0 Å². The quantitative estimate of drug-likeness (QED) is 0.595. The van der Waals surface area contributed by atoms with E-state index in [9.17, 15) is 4.79 Å². The second-order valence-electron chi connectivity index (χ2n) is 6.13. The van der Waals surface area contributed by atoms with Crippen LogP contribution in [-0.4, -0.2) is 33.7 Å².